The van der Waals surface area contributed by atoms with Crippen molar-refractivity contribution < 1.29 is 13.5 Å². The van der Waals surface area contributed by atoms with Crippen molar-refractivity contribution in [2.45, 2.75) is 42.7 Å². The lowest BCUT2D eigenvalue weighted by atomic mass is 9.93. The Labute approximate surface area is 123 Å². The molecule has 1 aliphatic carbocycles. The highest BCUT2D eigenvalue weighted by molar-refractivity contribution is 7.89. The molecule has 1 aromatic heterocycles. The molecule has 0 saturated heterocycles. The number of hydrogen-bond acceptors (Lipinski definition) is 4. The van der Waals surface area contributed by atoms with Gasteiger partial charge >= 0.3 is 0 Å². The number of H-pyrrole nitrogens is 1. The van der Waals surface area contributed by atoms with Gasteiger partial charge in [-0.05, 0) is 31.0 Å². The number of aliphatic hydroxyl groups is 1. The van der Waals surface area contributed by atoms with Gasteiger partial charge in [-0.3, -0.25) is 0 Å². The van der Waals surface area contributed by atoms with Crippen LogP contribution in [0.15, 0.2) is 29.3 Å². The highest BCUT2D eigenvalue weighted by Gasteiger charge is 2.29. The zero-order chi connectivity index (χ0) is 15.0. The molecule has 1 saturated carbocycles. The van der Waals surface area contributed by atoms with Crippen LogP contribution in [-0.4, -0.2) is 30.7 Å². The van der Waals surface area contributed by atoms with Crippen molar-refractivity contribution >= 4 is 26.6 Å². The van der Waals surface area contributed by atoms with E-state index in [1.807, 2.05) is 0 Å². The Bertz CT molecular complexity index is 754. The van der Waals surface area contributed by atoms with E-state index in [0.29, 0.717) is 29.4 Å². The minimum Gasteiger partial charge on any atom is -0.399 e. The maximum atomic E-state index is 12.5. The number of aliphatic hydroxyl groups excluding tert-OH is 1. The molecular weight excluding hydrogens is 290 g/mol. The number of rotatable bonds is 3. The molecule has 3 rings (SSSR count). The number of hydrogen-bond donors (Lipinski definition) is 4. The normalized spacial score (nSPS) is 23.5. The zero-order valence-electron chi connectivity index (χ0n) is 11.5. The third-order valence-electron chi connectivity index (χ3n) is 3.99. The average Bonchev–Trinajstić information content (AvgIpc) is 2.85. The Balaban J connectivity index is 1.93. The highest BCUT2D eigenvalue weighted by Crippen LogP contribution is 2.26. The SMILES string of the molecule is Nc1ccc2c(S(=O)(=O)N[C@H]3CCCC[C@@H]3O)c[nH]c2c1. The maximum absolute atomic E-state index is 12.5. The predicted molar refractivity (Wildman–Crippen MR) is 81.3 cm³/mol. The summed E-state index contributed by atoms with van der Waals surface area (Å²) < 4.78 is 27.7. The summed E-state index contributed by atoms with van der Waals surface area (Å²) in [6, 6.07) is 4.64. The van der Waals surface area contributed by atoms with E-state index in [4.69, 9.17) is 5.73 Å². The molecule has 21 heavy (non-hydrogen) atoms. The second-order valence-electron chi connectivity index (χ2n) is 5.54. The Morgan fingerprint density at radius 1 is 1.29 bits per heavy atom. The lowest BCUT2D eigenvalue weighted by molar-refractivity contribution is 0.101. The van der Waals surface area contributed by atoms with Crippen LogP contribution in [0.5, 0.6) is 0 Å². The first-order chi connectivity index (χ1) is 9.97. The first kappa shape index (κ1) is 14.4. The molecule has 0 spiro atoms. The summed E-state index contributed by atoms with van der Waals surface area (Å²) in [5.41, 5.74) is 6.94. The molecule has 1 fully saturated rings. The maximum Gasteiger partial charge on any atom is 0.243 e. The number of fused-ring (bicyclic) bond motifs is 1. The number of aromatic amines is 1. The second-order valence-corrected chi connectivity index (χ2v) is 7.22. The number of benzene rings is 1. The van der Waals surface area contributed by atoms with Crippen LogP contribution in [-0.2, 0) is 10.0 Å². The van der Waals surface area contributed by atoms with E-state index < -0.39 is 22.2 Å². The fourth-order valence-electron chi connectivity index (χ4n) is 2.85. The van der Waals surface area contributed by atoms with Crippen LogP contribution >= 0.6 is 0 Å². The second kappa shape index (κ2) is 5.32. The van der Waals surface area contributed by atoms with E-state index in [-0.39, 0.29) is 4.90 Å². The summed E-state index contributed by atoms with van der Waals surface area (Å²) in [5, 5.41) is 10.5. The van der Waals surface area contributed by atoms with Gasteiger partial charge in [0, 0.05) is 28.8 Å². The van der Waals surface area contributed by atoms with Crippen molar-refractivity contribution in [3.63, 3.8) is 0 Å². The van der Waals surface area contributed by atoms with Crippen LogP contribution in [0.1, 0.15) is 25.7 Å². The molecule has 7 heteroatoms. The van der Waals surface area contributed by atoms with Gasteiger partial charge in [0.1, 0.15) is 4.90 Å². The summed E-state index contributed by atoms with van der Waals surface area (Å²) in [6.07, 6.45) is 4.00. The van der Waals surface area contributed by atoms with E-state index >= 15 is 0 Å². The van der Waals surface area contributed by atoms with E-state index in [1.165, 1.54) is 6.20 Å². The lowest BCUT2D eigenvalue weighted by Gasteiger charge is -2.27. The summed E-state index contributed by atoms with van der Waals surface area (Å²) >= 11 is 0. The first-order valence-electron chi connectivity index (χ1n) is 7.04. The Hall–Kier alpha value is -1.57. The molecule has 1 aromatic carbocycles. The Morgan fingerprint density at radius 3 is 2.81 bits per heavy atom. The predicted octanol–water partition coefficient (Wildman–Crippen LogP) is 1.33. The van der Waals surface area contributed by atoms with Gasteiger partial charge in [-0.15, -0.1) is 0 Å². The van der Waals surface area contributed by atoms with Gasteiger partial charge in [0.15, 0.2) is 0 Å². The standard InChI is InChI=1S/C14H19N3O3S/c15-9-5-6-10-12(7-9)16-8-14(10)21(19,20)17-11-3-1-2-4-13(11)18/h5-8,11,13,16-18H,1-4,15H2/t11-,13-/m0/s1. The van der Waals surface area contributed by atoms with Crippen LogP contribution in [0.2, 0.25) is 0 Å². The van der Waals surface area contributed by atoms with Crippen molar-refractivity contribution in [2.24, 2.45) is 0 Å². The van der Waals surface area contributed by atoms with Gasteiger partial charge in [-0.2, -0.15) is 0 Å². The minimum absolute atomic E-state index is 0.190. The zero-order valence-corrected chi connectivity index (χ0v) is 12.4. The number of anilines is 1. The molecule has 2 aromatic rings. The van der Waals surface area contributed by atoms with E-state index in [0.717, 1.165) is 12.8 Å². The summed E-state index contributed by atoms with van der Waals surface area (Å²) in [7, 11) is -3.67. The Morgan fingerprint density at radius 2 is 2.05 bits per heavy atom. The topological polar surface area (TPSA) is 108 Å². The van der Waals surface area contributed by atoms with Crippen LogP contribution in [0.25, 0.3) is 10.9 Å². The van der Waals surface area contributed by atoms with Gasteiger partial charge in [0.2, 0.25) is 10.0 Å². The molecule has 114 valence electrons. The molecule has 1 heterocycles. The molecule has 0 unspecified atom stereocenters. The fraction of sp³-hybridized carbons (Fsp3) is 0.429. The molecular formula is C14H19N3O3S. The van der Waals surface area contributed by atoms with Crippen molar-refractivity contribution in [3.8, 4) is 0 Å². The van der Waals surface area contributed by atoms with Gasteiger partial charge in [-0.25, -0.2) is 13.1 Å². The van der Waals surface area contributed by atoms with Crippen molar-refractivity contribution in [2.75, 3.05) is 5.73 Å². The van der Waals surface area contributed by atoms with E-state index in [1.54, 1.807) is 18.2 Å². The average molecular weight is 309 g/mol. The minimum atomic E-state index is -3.67. The van der Waals surface area contributed by atoms with Crippen molar-refractivity contribution in [1.29, 1.82) is 0 Å². The lowest BCUT2D eigenvalue weighted by Crippen LogP contribution is -2.44. The molecule has 2 atom stereocenters. The molecule has 1 aliphatic rings. The molecule has 0 aliphatic heterocycles. The quantitative estimate of drug-likeness (QED) is 0.641. The molecule has 0 radical (unpaired) electrons. The van der Waals surface area contributed by atoms with Crippen LogP contribution in [0, 0.1) is 0 Å². The monoisotopic (exact) mass is 309 g/mol. The van der Waals surface area contributed by atoms with Gasteiger partial charge in [0.25, 0.3) is 0 Å². The number of nitrogen functional groups attached to an aromatic ring is 1. The largest absolute Gasteiger partial charge is 0.399 e. The third-order valence-corrected chi connectivity index (χ3v) is 5.52. The first-order valence-corrected chi connectivity index (χ1v) is 8.53. The van der Waals surface area contributed by atoms with Gasteiger partial charge in [-0.1, -0.05) is 12.8 Å². The highest BCUT2D eigenvalue weighted by atomic mass is 32.2. The van der Waals surface area contributed by atoms with Gasteiger partial charge < -0.3 is 15.8 Å². The van der Waals surface area contributed by atoms with Crippen LogP contribution < -0.4 is 10.5 Å². The summed E-state index contributed by atoms with van der Waals surface area (Å²) in [6.45, 7) is 0. The molecule has 6 nitrogen and oxygen atoms in total. The van der Waals surface area contributed by atoms with Crippen molar-refractivity contribution in [1.82, 2.24) is 9.71 Å². The molecule has 5 N–H and O–H groups in total. The Kier molecular flexibility index (Phi) is 3.64. The van der Waals surface area contributed by atoms with E-state index in [9.17, 15) is 13.5 Å². The van der Waals surface area contributed by atoms with E-state index in [2.05, 4.69) is 9.71 Å². The third kappa shape index (κ3) is 2.76. The number of nitrogens with two attached hydrogens (primary N) is 1. The molecule has 0 amide bonds. The van der Waals surface area contributed by atoms with Crippen LogP contribution in [0.3, 0.4) is 0 Å². The number of sulfonamides is 1. The summed E-state index contributed by atoms with van der Waals surface area (Å²) in [5.74, 6) is 0. The number of aromatic nitrogens is 1. The van der Waals surface area contributed by atoms with Gasteiger partial charge in [0.05, 0.1) is 6.10 Å². The fourth-order valence-corrected chi connectivity index (χ4v) is 4.33. The smallest absolute Gasteiger partial charge is 0.243 e. The van der Waals surface area contributed by atoms with Crippen molar-refractivity contribution in [3.05, 3.63) is 24.4 Å². The molecule has 0 bridgehead atoms. The number of nitrogens with one attached hydrogen (secondary N) is 2. The van der Waals surface area contributed by atoms with Crippen LogP contribution in [0.4, 0.5) is 5.69 Å². The summed E-state index contributed by atoms with van der Waals surface area (Å²) in [4.78, 5) is 3.11.